The number of ether oxygens (including phenoxy) is 1. The van der Waals surface area contributed by atoms with Crippen LogP contribution >= 0.6 is 0 Å². The molecule has 126 valence electrons. The van der Waals surface area contributed by atoms with Crippen LogP contribution in [0.3, 0.4) is 0 Å². The van der Waals surface area contributed by atoms with Crippen LogP contribution in [-0.4, -0.2) is 30.4 Å². The molecule has 0 N–H and O–H groups in total. The topological polar surface area (TPSA) is 40.6 Å². The van der Waals surface area contributed by atoms with E-state index in [1.54, 1.807) is 7.11 Å². The van der Waals surface area contributed by atoms with Crippen molar-refractivity contribution in [1.29, 1.82) is 0 Å². The van der Waals surface area contributed by atoms with E-state index in [1.165, 1.54) is 12.8 Å². The smallest absolute Gasteiger partial charge is 0.497 e. The molecule has 1 saturated heterocycles. The molecule has 1 aliphatic carbocycles. The van der Waals surface area contributed by atoms with Crippen molar-refractivity contribution in [3.05, 3.63) is 30.1 Å². The highest BCUT2D eigenvalue weighted by Crippen LogP contribution is 2.42. The second-order valence-corrected chi connectivity index (χ2v) is 7.87. The van der Waals surface area contributed by atoms with E-state index in [9.17, 15) is 0 Å². The minimum absolute atomic E-state index is 0.362. The van der Waals surface area contributed by atoms with Crippen LogP contribution in [0.2, 0.25) is 0 Å². The van der Waals surface area contributed by atoms with E-state index < -0.39 is 7.12 Å². The molecule has 1 aromatic heterocycles. The second-order valence-electron chi connectivity index (χ2n) is 7.87. The maximum atomic E-state index is 6.35. The Bertz CT molecular complexity index is 783. The normalized spacial score (nSPS) is 22.1. The number of aromatic nitrogens is 1. The van der Waals surface area contributed by atoms with Gasteiger partial charge in [-0.15, -0.1) is 0 Å². The van der Waals surface area contributed by atoms with Gasteiger partial charge >= 0.3 is 7.12 Å². The summed E-state index contributed by atoms with van der Waals surface area (Å²) in [6.07, 6.45) is 4.33. The van der Waals surface area contributed by atoms with E-state index in [0.717, 1.165) is 27.7 Å². The standard InChI is InChI=1S/C19H24BNO3/c1-18(2)19(3,4)24-20(23-18)16-15-10-14(22-5)9-8-13(15)11-21-17(16)12-6-7-12/h8-12H,6-7H2,1-5H3. The molecule has 0 spiro atoms. The molecule has 2 aliphatic rings. The highest BCUT2D eigenvalue weighted by Gasteiger charge is 2.53. The predicted molar refractivity (Wildman–Crippen MR) is 96.0 cm³/mol. The molecular formula is C19H24BNO3. The first-order valence-corrected chi connectivity index (χ1v) is 8.64. The van der Waals surface area contributed by atoms with Crippen molar-refractivity contribution in [2.45, 2.75) is 57.7 Å². The summed E-state index contributed by atoms with van der Waals surface area (Å²) in [5, 5.41) is 2.20. The molecule has 0 bridgehead atoms. The first-order valence-electron chi connectivity index (χ1n) is 8.64. The van der Waals surface area contributed by atoms with Crippen LogP contribution in [0.25, 0.3) is 10.8 Å². The number of pyridine rings is 1. The first-order chi connectivity index (χ1) is 11.3. The van der Waals surface area contributed by atoms with Gasteiger partial charge in [-0.3, -0.25) is 4.98 Å². The summed E-state index contributed by atoms with van der Waals surface area (Å²) >= 11 is 0. The molecule has 0 radical (unpaired) electrons. The summed E-state index contributed by atoms with van der Waals surface area (Å²) in [6.45, 7) is 8.35. The predicted octanol–water partition coefficient (Wildman–Crippen LogP) is 3.42. The maximum absolute atomic E-state index is 6.35. The number of hydrogen-bond donors (Lipinski definition) is 0. The lowest BCUT2D eigenvalue weighted by Gasteiger charge is -2.32. The Hall–Kier alpha value is -1.59. The summed E-state index contributed by atoms with van der Waals surface area (Å²) < 4.78 is 18.1. The Morgan fingerprint density at radius 2 is 1.79 bits per heavy atom. The van der Waals surface area contributed by atoms with Crippen LogP contribution in [0.5, 0.6) is 5.75 Å². The number of fused-ring (bicyclic) bond motifs is 1. The van der Waals surface area contributed by atoms with E-state index >= 15 is 0 Å². The van der Waals surface area contributed by atoms with Crippen molar-refractivity contribution in [1.82, 2.24) is 4.98 Å². The highest BCUT2D eigenvalue weighted by molar-refractivity contribution is 6.65. The SMILES string of the molecule is COc1ccc2cnc(C3CC3)c(B3OC(C)(C)C(C)(C)O3)c2c1. The highest BCUT2D eigenvalue weighted by atomic mass is 16.7. The zero-order valence-electron chi connectivity index (χ0n) is 15.1. The Morgan fingerprint density at radius 1 is 1.12 bits per heavy atom. The van der Waals surface area contributed by atoms with Crippen molar-refractivity contribution in [3.63, 3.8) is 0 Å². The number of nitrogens with zero attached hydrogens (tertiary/aromatic N) is 1. The van der Waals surface area contributed by atoms with Crippen molar-refractivity contribution >= 4 is 23.4 Å². The van der Waals surface area contributed by atoms with Gasteiger partial charge in [0.1, 0.15) is 5.75 Å². The first kappa shape index (κ1) is 15.9. The third-order valence-electron chi connectivity index (χ3n) is 5.62. The van der Waals surface area contributed by atoms with Crippen LogP contribution in [0.1, 0.15) is 52.1 Å². The fourth-order valence-electron chi connectivity index (χ4n) is 3.25. The fraction of sp³-hybridized carbons (Fsp3) is 0.526. The lowest BCUT2D eigenvalue weighted by Crippen LogP contribution is -2.41. The monoisotopic (exact) mass is 325 g/mol. The van der Waals surface area contributed by atoms with Crippen LogP contribution in [0.15, 0.2) is 24.4 Å². The summed E-state index contributed by atoms with van der Waals surface area (Å²) in [5.41, 5.74) is 1.47. The minimum atomic E-state index is -0.395. The third-order valence-corrected chi connectivity index (χ3v) is 5.62. The fourth-order valence-corrected chi connectivity index (χ4v) is 3.25. The lowest BCUT2D eigenvalue weighted by atomic mass is 9.74. The quantitative estimate of drug-likeness (QED) is 0.811. The van der Waals surface area contributed by atoms with E-state index in [4.69, 9.17) is 19.0 Å². The van der Waals surface area contributed by atoms with Crippen molar-refractivity contribution in [3.8, 4) is 5.75 Å². The molecule has 1 saturated carbocycles. The van der Waals surface area contributed by atoms with Crippen LogP contribution in [0.4, 0.5) is 0 Å². The molecule has 2 aromatic rings. The van der Waals surface area contributed by atoms with Crippen molar-refractivity contribution in [2.75, 3.05) is 7.11 Å². The molecule has 0 atom stereocenters. The van der Waals surface area contributed by atoms with Gasteiger partial charge in [0.2, 0.25) is 0 Å². The van der Waals surface area contributed by atoms with Crippen LogP contribution in [0, 0.1) is 0 Å². The van der Waals surface area contributed by atoms with Gasteiger partial charge in [-0.25, -0.2) is 0 Å². The number of benzene rings is 1. The second kappa shape index (κ2) is 5.20. The van der Waals surface area contributed by atoms with E-state index in [1.807, 2.05) is 18.3 Å². The van der Waals surface area contributed by atoms with Crippen molar-refractivity contribution < 1.29 is 14.0 Å². The Balaban J connectivity index is 1.90. The number of rotatable bonds is 3. The summed E-state index contributed by atoms with van der Waals surface area (Å²) in [4.78, 5) is 4.76. The van der Waals surface area contributed by atoms with Gasteiger partial charge in [0, 0.05) is 23.3 Å². The van der Waals surface area contributed by atoms with Gasteiger partial charge in [0.25, 0.3) is 0 Å². The molecule has 4 nitrogen and oxygen atoms in total. The zero-order valence-corrected chi connectivity index (χ0v) is 15.1. The molecule has 5 heteroatoms. The Morgan fingerprint density at radius 3 is 2.38 bits per heavy atom. The number of methoxy groups -OCH3 is 1. The van der Waals surface area contributed by atoms with Gasteiger partial charge in [-0.2, -0.15) is 0 Å². The molecule has 4 rings (SSSR count). The minimum Gasteiger partial charge on any atom is -0.497 e. The Labute approximate surface area is 143 Å². The summed E-state index contributed by atoms with van der Waals surface area (Å²) in [5.74, 6) is 1.36. The van der Waals surface area contributed by atoms with Crippen LogP contribution in [-0.2, 0) is 9.31 Å². The molecule has 1 aromatic carbocycles. The van der Waals surface area contributed by atoms with Gasteiger partial charge < -0.3 is 14.0 Å². The number of hydrogen-bond acceptors (Lipinski definition) is 4. The van der Waals surface area contributed by atoms with Crippen molar-refractivity contribution in [2.24, 2.45) is 0 Å². The molecule has 1 aliphatic heterocycles. The molecular weight excluding hydrogens is 301 g/mol. The van der Waals surface area contributed by atoms with E-state index in [0.29, 0.717) is 5.92 Å². The van der Waals surface area contributed by atoms with Crippen LogP contribution < -0.4 is 10.2 Å². The van der Waals surface area contributed by atoms with Gasteiger partial charge in [-0.1, -0.05) is 0 Å². The Kier molecular flexibility index (Phi) is 3.45. The van der Waals surface area contributed by atoms with Gasteiger partial charge in [0.15, 0.2) is 0 Å². The molecule has 0 amide bonds. The average molecular weight is 325 g/mol. The lowest BCUT2D eigenvalue weighted by molar-refractivity contribution is 0.00578. The van der Waals surface area contributed by atoms with Gasteiger partial charge in [-0.05, 0) is 69.5 Å². The summed E-state index contributed by atoms with van der Waals surface area (Å²) in [7, 11) is 1.30. The maximum Gasteiger partial charge on any atom is 0.497 e. The average Bonchev–Trinajstić information content (AvgIpc) is 3.33. The van der Waals surface area contributed by atoms with E-state index in [2.05, 4.69) is 33.8 Å². The molecule has 2 heterocycles. The zero-order chi connectivity index (χ0) is 17.1. The summed E-state index contributed by atoms with van der Waals surface area (Å²) in [6, 6.07) is 6.09. The van der Waals surface area contributed by atoms with Gasteiger partial charge in [0.05, 0.1) is 18.3 Å². The molecule has 24 heavy (non-hydrogen) atoms. The van der Waals surface area contributed by atoms with E-state index in [-0.39, 0.29) is 11.2 Å². The third kappa shape index (κ3) is 2.42. The largest absolute Gasteiger partial charge is 0.497 e. The molecule has 0 unspecified atom stereocenters. The molecule has 2 fully saturated rings.